The van der Waals surface area contributed by atoms with Gasteiger partial charge < -0.3 is 4.42 Å². The first kappa shape index (κ1) is 15.7. The van der Waals surface area contributed by atoms with Gasteiger partial charge in [0.25, 0.3) is 5.56 Å². The second-order valence-corrected chi connectivity index (χ2v) is 6.88. The molecule has 0 fully saturated rings. The van der Waals surface area contributed by atoms with Gasteiger partial charge in [0.2, 0.25) is 0 Å². The fourth-order valence-corrected chi connectivity index (χ4v) is 3.70. The molecule has 0 bridgehead atoms. The molecular weight excluding hydrogens is 336 g/mol. The molecule has 25 heavy (non-hydrogen) atoms. The van der Waals surface area contributed by atoms with Gasteiger partial charge in [-0.3, -0.25) is 13.9 Å². The van der Waals surface area contributed by atoms with Gasteiger partial charge in [-0.1, -0.05) is 29.8 Å². The molecule has 0 radical (unpaired) electrons. The van der Waals surface area contributed by atoms with E-state index in [4.69, 9.17) is 4.42 Å². The molecule has 0 aliphatic heterocycles. The van der Waals surface area contributed by atoms with Crippen LogP contribution in [0.2, 0.25) is 0 Å². The maximum atomic E-state index is 13.0. The van der Waals surface area contributed by atoms with Gasteiger partial charge in [-0.05, 0) is 36.1 Å². The summed E-state index contributed by atoms with van der Waals surface area (Å²) in [6, 6.07) is 13.4. The summed E-state index contributed by atoms with van der Waals surface area (Å²) in [5.74, 6) is 0.581. The minimum absolute atomic E-state index is 0.131. The molecule has 0 aliphatic rings. The van der Waals surface area contributed by atoms with Gasteiger partial charge in [0, 0.05) is 0 Å². The maximum Gasteiger partial charge on any atom is 0.332 e. The predicted molar refractivity (Wildman–Crippen MR) is 98.4 cm³/mol. The summed E-state index contributed by atoms with van der Waals surface area (Å²) in [7, 11) is 0. The number of rotatable bonds is 4. The smallest absolute Gasteiger partial charge is 0.332 e. The highest BCUT2D eigenvalue weighted by molar-refractivity contribution is 7.17. The molecule has 0 saturated carbocycles. The summed E-state index contributed by atoms with van der Waals surface area (Å²) in [4.78, 5) is 25.7. The minimum Gasteiger partial charge on any atom is -0.467 e. The molecule has 0 aliphatic carbocycles. The molecule has 3 aromatic heterocycles. The fraction of sp³-hybridized carbons (Fsp3) is 0.158. The maximum absolute atomic E-state index is 13.0. The third-order valence-corrected chi connectivity index (χ3v) is 5.08. The van der Waals surface area contributed by atoms with E-state index in [-0.39, 0.29) is 17.8 Å². The number of hydrogen-bond acceptors (Lipinski definition) is 4. The van der Waals surface area contributed by atoms with E-state index in [1.165, 1.54) is 27.7 Å². The van der Waals surface area contributed by atoms with E-state index < -0.39 is 0 Å². The number of aryl methyl sites for hydroxylation is 1. The van der Waals surface area contributed by atoms with Crippen LogP contribution in [0.1, 0.15) is 16.9 Å². The number of hydrogen-bond donors (Lipinski definition) is 0. The van der Waals surface area contributed by atoms with Crippen LogP contribution in [0, 0.1) is 6.92 Å². The molecule has 5 nitrogen and oxygen atoms in total. The monoisotopic (exact) mass is 352 g/mol. The second-order valence-electron chi connectivity index (χ2n) is 5.96. The number of thiophene rings is 1. The van der Waals surface area contributed by atoms with Crippen molar-refractivity contribution in [2.45, 2.75) is 20.0 Å². The number of nitrogens with zero attached hydrogens (tertiary/aromatic N) is 2. The molecule has 0 atom stereocenters. The molecule has 6 heteroatoms. The van der Waals surface area contributed by atoms with Crippen LogP contribution in [0.25, 0.3) is 10.2 Å². The van der Waals surface area contributed by atoms with Crippen LogP contribution >= 0.6 is 11.3 Å². The molecule has 0 spiro atoms. The van der Waals surface area contributed by atoms with Gasteiger partial charge in [-0.2, -0.15) is 0 Å². The van der Waals surface area contributed by atoms with Gasteiger partial charge in [0.15, 0.2) is 0 Å². The zero-order valence-electron chi connectivity index (χ0n) is 13.6. The van der Waals surface area contributed by atoms with Crippen molar-refractivity contribution in [1.82, 2.24) is 9.13 Å². The Kier molecular flexibility index (Phi) is 3.89. The van der Waals surface area contributed by atoms with E-state index >= 15 is 0 Å². The van der Waals surface area contributed by atoms with E-state index in [0.717, 1.165) is 5.56 Å². The van der Waals surface area contributed by atoms with Crippen LogP contribution in [0.4, 0.5) is 0 Å². The first-order valence-corrected chi connectivity index (χ1v) is 8.80. The van der Waals surface area contributed by atoms with E-state index in [1.807, 2.05) is 42.6 Å². The summed E-state index contributed by atoms with van der Waals surface area (Å²) in [5, 5.41) is 1.84. The Morgan fingerprint density at radius 2 is 1.80 bits per heavy atom. The number of furan rings is 1. The first-order valence-electron chi connectivity index (χ1n) is 7.92. The molecule has 0 saturated heterocycles. The van der Waals surface area contributed by atoms with Crippen LogP contribution < -0.4 is 11.2 Å². The Balaban J connectivity index is 1.88. The van der Waals surface area contributed by atoms with Crippen LogP contribution in [-0.2, 0) is 13.1 Å². The van der Waals surface area contributed by atoms with E-state index in [0.29, 0.717) is 22.5 Å². The Labute approximate surface area is 147 Å². The minimum atomic E-state index is -0.326. The van der Waals surface area contributed by atoms with Crippen LogP contribution in [0.3, 0.4) is 0 Å². The molecule has 4 aromatic rings. The average Bonchev–Trinajstić information content (AvgIpc) is 3.29. The van der Waals surface area contributed by atoms with Crippen molar-refractivity contribution in [2.75, 3.05) is 0 Å². The standard InChI is InChI=1S/C19H16N2O3S/c1-13-4-6-14(7-5-13)11-20-16-8-10-25-17(16)18(22)21(19(20)23)12-15-3-2-9-24-15/h2-10H,11-12H2,1H3. The Hall–Kier alpha value is -2.86. The Morgan fingerprint density at radius 1 is 1.00 bits per heavy atom. The van der Waals surface area contributed by atoms with Crippen molar-refractivity contribution in [3.63, 3.8) is 0 Å². The summed E-state index contributed by atoms with van der Waals surface area (Å²) in [6.45, 7) is 2.58. The number of fused-ring (bicyclic) bond motifs is 1. The van der Waals surface area contributed by atoms with E-state index in [1.54, 1.807) is 16.7 Å². The van der Waals surface area contributed by atoms with Crippen molar-refractivity contribution in [1.29, 1.82) is 0 Å². The van der Waals surface area contributed by atoms with Crippen LogP contribution in [0.5, 0.6) is 0 Å². The van der Waals surface area contributed by atoms with Gasteiger partial charge in [0.1, 0.15) is 10.5 Å². The molecular formula is C19H16N2O3S. The molecule has 126 valence electrons. The van der Waals surface area contributed by atoms with Crippen LogP contribution in [-0.4, -0.2) is 9.13 Å². The molecule has 4 rings (SSSR count). The van der Waals surface area contributed by atoms with Crippen molar-refractivity contribution in [3.05, 3.63) is 91.8 Å². The number of aromatic nitrogens is 2. The van der Waals surface area contributed by atoms with Crippen LogP contribution in [0.15, 0.2) is 68.1 Å². The third kappa shape index (κ3) is 2.85. The lowest BCUT2D eigenvalue weighted by atomic mass is 10.1. The highest BCUT2D eigenvalue weighted by Crippen LogP contribution is 2.17. The predicted octanol–water partition coefficient (Wildman–Crippen LogP) is 3.22. The fourth-order valence-electron chi connectivity index (χ4n) is 2.86. The van der Waals surface area contributed by atoms with Crippen molar-refractivity contribution < 1.29 is 4.42 Å². The molecule has 3 heterocycles. The van der Waals surface area contributed by atoms with Gasteiger partial charge in [-0.15, -0.1) is 11.3 Å². The summed E-state index contributed by atoms with van der Waals surface area (Å²) in [6.07, 6.45) is 1.54. The van der Waals surface area contributed by atoms with E-state index in [9.17, 15) is 9.59 Å². The molecule has 0 N–H and O–H groups in total. The largest absolute Gasteiger partial charge is 0.467 e. The second kappa shape index (κ2) is 6.22. The van der Waals surface area contributed by atoms with Gasteiger partial charge in [-0.25, -0.2) is 4.79 Å². The zero-order valence-corrected chi connectivity index (χ0v) is 14.5. The summed E-state index contributed by atoms with van der Waals surface area (Å²) < 4.78 is 8.79. The van der Waals surface area contributed by atoms with Crippen molar-refractivity contribution in [3.8, 4) is 0 Å². The molecule has 1 aromatic carbocycles. The topological polar surface area (TPSA) is 57.1 Å². The lowest BCUT2D eigenvalue weighted by Gasteiger charge is -2.12. The Bertz CT molecular complexity index is 1130. The van der Waals surface area contributed by atoms with Gasteiger partial charge >= 0.3 is 5.69 Å². The highest BCUT2D eigenvalue weighted by atomic mass is 32.1. The zero-order chi connectivity index (χ0) is 17.4. The normalized spacial score (nSPS) is 11.2. The molecule has 0 unspecified atom stereocenters. The molecule has 0 amide bonds. The SMILES string of the molecule is Cc1ccc(Cn2c(=O)n(Cc3ccco3)c(=O)c3sccc32)cc1. The quantitative estimate of drug-likeness (QED) is 0.567. The Morgan fingerprint density at radius 3 is 2.52 bits per heavy atom. The summed E-state index contributed by atoms with van der Waals surface area (Å²) in [5.41, 5.74) is 2.26. The lowest BCUT2D eigenvalue weighted by molar-refractivity contribution is 0.479. The van der Waals surface area contributed by atoms with Gasteiger partial charge in [0.05, 0.1) is 24.9 Å². The van der Waals surface area contributed by atoms with Crippen molar-refractivity contribution in [2.24, 2.45) is 0 Å². The third-order valence-electron chi connectivity index (χ3n) is 4.19. The summed E-state index contributed by atoms with van der Waals surface area (Å²) >= 11 is 1.35. The average molecular weight is 352 g/mol. The highest BCUT2D eigenvalue weighted by Gasteiger charge is 2.15. The lowest BCUT2D eigenvalue weighted by Crippen LogP contribution is -2.40. The van der Waals surface area contributed by atoms with Crippen molar-refractivity contribution >= 4 is 21.6 Å². The van der Waals surface area contributed by atoms with E-state index in [2.05, 4.69) is 0 Å². The number of benzene rings is 1. The first-order chi connectivity index (χ1) is 12.1.